The van der Waals surface area contributed by atoms with Gasteiger partial charge >= 0.3 is 0 Å². The zero-order valence-corrected chi connectivity index (χ0v) is 8.99. The first-order chi connectivity index (χ1) is 6.65. The van der Waals surface area contributed by atoms with Gasteiger partial charge in [0.25, 0.3) is 0 Å². The average molecular weight is 200 g/mol. The molecule has 0 aromatic heterocycles. The lowest BCUT2D eigenvalue weighted by Crippen LogP contribution is -2.44. The highest BCUT2D eigenvalue weighted by Crippen LogP contribution is 2.11. The van der Waals surface area contributed by atoms with Crippen molar-refractivity contribution in [3.8, 4) is 0 Å². The number of hydrogen-bond donors (Lipinski definition) is 2. The first-order valence-corrected chi connectivity index (χ1v) is 5.26. The number of nitrogens with one attached hydrogen (secondary N) is 1. The van der Waals surface area contributed by atoms with E-state index in [1.165, 1.54) is 0 Å². The standard InChI is InChI=1S/C10H20N2O2/c1-8(2)6-12(10(14)7-13)9-3-4-11-5-9/h8-9,11,13H,3-7H2,1-2H3/t9-/m1/s1. The van der Waals surface area contributed by atoms with E-state index in [0.717, 1.165) is 26.1 Å². The maximum atomic E-state index is 11.5. The van der Waals surface area contributed by atoms with Crippen molar-refractivity contribution in [3.63, 3.8) is 0 Å². The molecule has 0 saturated carbocycles. The van der Waals surface area contributed by atoms with E-state index in [9.17, 15) is 4.79 Å². The fraction of sp³-hybridized carbons (Fsp3) is 0.900. The molecule has 0 aromatic rings. The van der Waals surface area contributed by atoms with Crippen LogP contribution in [0.4, 0.5) is 0 Å². The highest BCUT2D eigenvalue weighted by atomic mass is 16.3. The van der Waals surface area contributed by atoms with Gasteiger partial charge in [0.1, 0.15) is 6.61 Å². The van der Waals surface area contributed by atoms with Crippen molar-refractivity contribution in [3.05, 3.63) is 0 Å². The minimum Gasteiger partial charge on any atom is -0.387 e. The largest absolute Gasteiger partial charge is 0.387 e. The van der Waals surface area contributed by atoms with Crippen molar-refractivity contribution in [2.45, 2.75) is 26.3 Å². The number of carbonyl (C=O) groups excluding carboxylic acids is 1. The average Bonchev–Trinajstić information content (AvgIpc) is 2.65. The van der Waals surface area contributed by atoms with Crippen LogP contribution in [0.2, 0.25) is 0 Å². The Hall–Kier alpha value is -0.610. The molecular weight excluding hydrogens is 180 g/mol. The summed E-state index contributed by atoms with van der Waals surface area (Å²) in [6, 6.07) is 0.275. The number of rotatable bonds is 4. The third kappa shape index (κ3) is 2.96. The van der Waals surface area contributed by atoms with Crippen LogP contribution in [0.25, 0.3) is 0 Å². The molecule has 1 fully saturated rings. The molecule has 4 heteroatoms. The summed E-state index contributed by atoms with van der Waals surface area (Å²) in [5, 5.41) is 12.1. The molecule has 0 aliphatic carbocycles. The predicted octanol–water partition coefficient (Wildman–Crippen LogP) is -0.175. The van der Waals surface area contributed by atoms with Gasteiger partial charge in [-0.3, -0.25) is 4.79 Å². The van der Waals surface area contributed by atoms with Crippen molar-refractivity contribution in [2.24, 2.45) is 5.92 Å². The summed E-state index contributed by atoms with van der Waals surface area (Å²) in [4.78, 5) is 13.3. The van der Waals surface area contributed by atoms with E-state index < -0.39 is 0 Å². The van der Waals surface area contributed by atoms with Crippen LogP contribution in [0.1, 0.15) is 20.3 Å². The van der Waals surface area contributed by atoms with Gasteiger partial charge in [0.05, 0.1) is 0 Å². The Morgan fingerprint density at radius 3 is 2.79 bits per heavy atom. The van der Waals surface area contributed by atoms with Crippen LogP contribution in [0.5, 0.6) is 0 Å². The second-order valence-electron chi connectivity index (χ2n) is 4.24. The number of hydrogen-bond acceptors (Lipinski definition) is 3. The monoisotopic (exact) mass is 200 g/mol. The zero-order chi connectivity index (χ0) is 10.6. The van der Waals surface area contributed by atoms with Crippen LogP contribution >= 0.6 is 0 Å². The van der Waals surface area contributed by atoms with E-state index >= 15 is 0 Å². The number of nitrogens with zero attached hydrogens (tertiary/aromatic N) is 1. The molecule has 1 amide bonds. The van der Waals surface area contributed by atoms with Crippen molar-refractivity contribution in [2.75, 3.05) is 26.2 Å². The second kappa shape index (κ2) is 5.32. The minimum atomic E-state index is -0.372. The molecule has 1 rings (SSSR count). The Kier molecular flexibility index (Phi) is 4.35. The molecule has 14 heavy (non-hydrogen) atoms. The first kappa shape index (κ1) is 11.5. The van der Waals surface area contributed by atoms with Gasteiger partial charge in [0.2, 0.25) is 5.91 Å². The normalized spacial score (nSPS) is 21.6. The Bertz CT molecular complexity index is 189. The SMILES string of the molecule is CC(C)CN(C(=O)CO)[C@@H]1CCNC1. The maximum absolute atomic E-state index is 11.5. The van der Waals surface area contributed by atoms with E-state index in [0.29, 0.717) is 5.92 Å². The molecule has 82 valence electrons. The van der Waals surface area contributed by atoms with Crippen molar-refractivity contribution in [1.29, 1.82) is 0 Å². The van der Waals surface area contributed by atoms with Gasteiger partial charge in [0, 0.05) is 19.1 Å². The molecule has 0 spiro atoms. The van der Waals surface area contributed by atoms with Crippen LogP contribution in [0, 0.1) is 5.92 Å². The maximum Gasteiger partial charge on any atom is 0.248 e. The van der Waals surface area contributed by atoms with Crippen LogP contribution in [0.15, 0.2) is 0 Å². The summed E-state index contributed by atoms with van der Waals surface area (Å²) >= 11 is 0. The molecule has 1 heterocycles. The molecule has 4 nitrogen and oxygen atoms in total. The lowest BCUT2D eigenvalue weighted by molar-refractivity contribution is -0.136. The summed E-state index contributed by atoms with van der Waals surface area (Å²) in [6.45, 7) is 6.37. The van der Waals surface area contributed by atoms with Gasteiger partial charge in [-0.1, -0.05) is 13.8 Å². The molecular formula is C10H20N2O2. The van der Waals surface area contributed by atoms with Crippen LogP contribution in [-0.2, 0) is 4.79 Å². The van der Waals surface area contributed by atoms with E-state index in [1.54, 1.807) is 0 Å². The minimum absolute atomic E-state index is 0.146. The molecule has 0 bridgehead atoms. The number of carbonyl (C=O) groups is 1. The Labute approximate surface area is 85.3 Å². The fourth-order valence-corrected chi connectivity index (χ4v) is 1.84. The van der Waals surface area contributed by atoms with Gasteiger partial charge in [-0.2, -0.15) is 0 Å². The summed E-state index contributed by atoms with van der Waals surface area (Å²) in [5.41, 5.74) is 0. The molecule has 1 aliphatic rings. The van der Waals surface area contributed by atoms with Crippen molar-refractivity contribution < 1.29 is 9.90 Å². The van der Waals surface area contributed by atoms with Crippen molar-refractivity contribution >= 4 is 5.91 Å². The predicted molar refractivity (Wildman–Crippen MR) is 54.9 cm³/mol. The summed E-state index contributed by atoms with van der Waals surface area (Å²) in [6.07, 6.45) is 0.998. The first-order valence-electron chi connectivity index (χ1n) is 5.26. The summed E-state index contributed by atoms with van der Waals surface area (Å²) in [5.74, 6) is 0.304. The van der Waals surface area contributed by atoms with Gasteiger partial charge in [0.15, 0.2) is 0 Å². The lowest BCUT2D eigenvalue weighted by Gasteiger charge is -2.29. The number of amides is 1. The fourth-order valence-electron chi connectivity index (χ4n) is 1.84. The quantitative estimate of drug-likeness (QED) is 0.662. The number of aliphatic hydroxyl groups excluding tert-OH is 1. The number of aliphatic hydroxyl groups is 1. The molecule has 2 N–H and O–H groups in total. The molecule has 0 radical (unpaired) electrons. The van der Waals surface area contributed by atoms with Gasteiger partial charge < -0.3 is 15.3 Å². The second-order valence-corrected chi connectivity index (χ2v) is 4.24. The van der Waals surface area contributed by atoms with Gasteiger partial charge in [-0.15, -0.1) is 0 Å². The van der Waals surface area contributed by atoms with E-state index in [-0.39, 0.29) is 18.6 Å². The van der Waals surface area contributed by atoms with Crippen molar-refractivity contribution in [1.82, 2.24) is 10.2 Å². The topological polar surface area (TPSA) is 52.6 Å². The Morgan fingerprint density at radius 1 is 1.64 bits per heavy atom. The van der Waals surface area contributed by atoms with Crippen LogP contribution in [0.3, 0.4) is 0 Å². The lowest BCUT2D eigenvalue weighted by atomic mass is 10.1. The van der Waals surface area contributed by atoms with Crippen LogP contribution in [-0.4, -0.2) is 48.2 Å². The third-order valence-corrected chi connectivity index (χ3v) is 2.49. The van der Waals surface area contributed by atoms with Gasteiger partial charge in [-0.25, -0.2) is 0 Å². The zero-order valence-electron chi connectivity index (χ0n) is 8.99. The highest BCUT2D eigenvalue weighted by molar-refractivity contribution is 5.77. The molecule has 0 aromatic carbocycles. The smallest absolute Gasteiger partial charge is 0.248 e. The summed E-state index contributed by atoms with van der Waals surface area (Å²) < 4.78 is 0. The van der Waals surface area contributed by atoms with Gasteiger partial charge in [-0.05, 0) is 18.9 Å². The third-order valence-electron chi connectivity index (χ3n) is 2.49. The summed E-state index contributed by atoms with van der Waals surface area (Å²) in [7, 11) is 0. The molecule has 1 atom stereocenters. The Morgan fingerprint density at radius 2 is 2.36 bits per heavy atom. The Balaban J connectivity index is 2.55. The van der Waals surface area contributed by atoms with E-state index in [1.807, 2.05) is 4.90 Å². The molecule has 1 aliphatic heterocycles. The molecule has 1 saturated heterocycles. The van der Waals surface area contributed by atoms with E-state index in [4.69, 9.17) is 5.11 Å². The highest BCUT2D eigenvalue weighted by Gasteiger charge is 2.26. The molecule has 0 unspecified atom stereocenters. The van der Waals surface area contributed by atoms with E-state index in [2.05, 4.69) is 19.2 Å². The van der Waals surface area contributed by atoms with Crippen LogP contribution < -0.4 is 5.32 Å².